The van der Waals surface area contributed by atoms with Crippen LogP contribution in [-0.4, -0.2) is 60.4 Å². The quantitative estimate of drug-likeness (QED) is 0.606. The molecule has 1 aliphatic rings. The van der Waals surface area contributed by atoms with Gasteiger partial charge in [0, 0.05) is 37.6 Å². The molecule has 0 radical (unpaired) electrons. The third-order valence-electron chi connectivity index (χ3n) is 7.00. The SMILES string of the molecule is Cc1ccccc1NC(=O)CN1CCC(N(C)C(=O)C(C)Oc2cc(C)c(N)c(C)c2C)CC1. The van der Waals surface area contributed by atoms with Crippen LogP contribution in [0.15, 0.2) is 30.3 Å². The van der Waals surface area contributed by atoms with Gasteiger partial charge in [-0.2, -0.15) is 0 Å². The van der Waals surface area contributed by atoms with Gasteiger partial charge in [0.15, 0.2) is 6.10 Å². The Hall–Kier alpha value is -3.06. The van der Waals surface area contributed by atoms with Crippen LogP contribution in [0, 0.1) is 27.7 Å². The molecule has 1 atom stereocenters. The Labute approximate surface area is 203 Å². The molecule has 2 aromatic carbocycles. The predicted octanol–water partition coefficient (Wildman–Crippen LogP) is 3.83. The first-order chi connectivity index (χ1) is 16.1. The lowest BCUT2D eigenvalue weighted by atomic mass is 10.0. The molecular formula is C27H38N4O3. The van der Waals surface area contributed by atoms with E-state index in [4.69, 9.17) is 10.5 Å². The number of aryl methyl sites for hydroxylation is 2. The van der Waals surface area contributed by atoms with Gasteiger partial charge in [-0.3, -0.25) is 14.5 Å². The molecule has 0 aromatic heterocycles. The number of nitrogen functional groups attached to an aromatic ring is 1. The minimum Gasteiger partial charge on any atom is -0.481 e. The van der Waals surface area contributed by atoms with Crippen molar-refractivity contribution >= 4 is 23.2 Å². The number of hydrogen-bond donors (Lipinski definition) is 2. The van der Waals surface area contributed by atoms with E-state index < -0.39 is 6.10 Å². The van der Waals surface area contributed by atoms with E-state index >= 15 is 0 Å². The second kappa shape index (κ2) is 10.9. The maximum Gasteiger partial charge on any atom is 0.263 e. The van der Waals surface area contributed by atoms with Crippen LogP contribution in [0.25, 0.3) is 0 Å². The fourth-order valence-electron chi connectivity index (χ4n) is 4.47. The molecule has 2 amide bonds. The number of nitrogens with zero attached hydrogens (tertiary/aromatic N) is 2. The van der Waals surface area contributed by atoms with Gasteiger partial charge in [-0.25, -0.2) is 0 Å². The lowest BCUT2D eigenvalue weighted by molar-refractivity contribution is -0.139. The number of likely N-dealkylation sites (tertiary alicyclic amines) is 1. The molecule has 0 saturated carbocycles. The summed E-state index contributed by atoms with van der Waals surface area (Å²) < 4.78 is 6.07. The van der Waals surface area contributed by atoms with Gasteiger partial charge < -0.3 is 20.7 Å². The zero-order valence-corrected chi connectivity index (χ0v) is 21.3. The van der Waals surface area contributed by atoms with Gasteiger partial charge in [0.2, 0.25) is 5.91 Å². The van der Waals surface area contributed by atoms with Crippen molar-refractivity contribution in [1.29, 1.82) is 0 Å². The molecule has 3 N–H and O–H groups in total. The Bertz CT molecular complexity index is 1040. The molecule has 2 aromatic rings. The van der Waals surface area contributed by atoms with E-state index in [2.05, 4.69) is 10.2 Å². The monoisotopic (exact) mass is 466 g/mol. The smallest absolute Gasteiger partial charge is 0.263 e. The first-order valence-corrected chi connectivity index (χ1v) is 12.0. The summed E-state index contributed by atoms with van der Waals surface area (Å²) in [5.74, 6) is 0.652. The second-order valence-corrected chi connectivity index (χ2v) is 9.43. The standard InChI is InChI=1S/C27H38N4O3/c1-17-9-7-8-10-23(17)29-25(32)16-31-13-11-22(12-14-31)30(6)27(33)21(5)34-24-15-18(2)26(28)20(4)19(24)3/h7-10,15,21-22H,11-14,16,28H2,1-6H3,(H,29,32). The van der Waals surface area contributed by atoms with Crippen LogP contribution < -0.4 is 15.8 Å². The van der Waals surface area contributed by atoms with E-state index in [-0.39, 0.29) is 17.9 Å². The number of likely N-dealkylation sites (N-methyl/N-ethyl adjacent to an activating group) is 1. The van der Waals surface area contributed by atoms with Gasteiger partial charge in [-0.1, -0.05) is 18.2 Å². The minimum absolute atomic E-state index is 0.0105. The fraction of sp³-hybridized carbons (Fsp3) is 0.481. The van der Waals surface area contributed by atoms with Crippen LogP contribution in [0.1, 0.15) is 42.0 Å². The third kappa shape index (κ3) is 5.89. The number of carbonyl (C=O) groups is 2. The molecule has 0 bridgehead atoms. The summed E-state index contributed by atoms with van der Waals surface area (Å²) in [5, 5.41) is 2.99. The van der Waals surface area contributed by atoms with Gasteiger partial charge >= 0.3 is 0 Å². The van der Waals surface area contributed by atoms with E-state index in [1.54, 1.807) is 6.92 Å². The first kappa shape index (κ1) is 25.6. The normalized spacial score (nSPS) is 15.6. The fourth-order valence-corrected chi connectivity index (χ4v) is 4.47. The number of ether oxygens (including phenoxy) is 1. The van der Waals surface area contributed by atoms with E-state index in [1.165, 1.54) is 0 Å². The lowest BCUT2D eigenvalue weighted by Gasteiger charge is -2.37. The number of anilines is 2. The number of amides is 2. The largest absolute Gasteiger partial charge is 0.481 e. The molecule has 1 saturated heterocycles. The van der Waals surface area contributed by atoms with Crippen LogP contribution in [0.2, 0.25) is 0 Å². The maximum absolute atomic E-state index is 13.1. The zero-order chi connectivity index (χ0) is 25.0. The number of para-hydroxylation sites is 1. The number of piperidine rings is 1. The summed E-state index contributed by atoms with van der Waals surface area (Å²) in [6.45, 7) is 11.6. The number of benzene rings is 2. The number of carbonyl (C=O) groups excluding carboxylic acids is 2. The molecular weight excluding hydrogens is 428 g/mol. The number of rotatable bonds is 7. The summed E-state index contributed by atoms with van der Waals surface area (Å²) in [7, 11) is 1.85. The van der Waals surface area contributed by atoms with Crippen LogP contribution in [0.3, 0.4) is 0 Å². The maximum atomic E-state index is 13.1. The van der Waals surface area contributed by atoms with Gasteiger partial charge in [-0.05, 0) is 81.8 Å². The summed E-state index contributed by atoms with van der Waals surface area (Å²) in [6, 6.07) is 9.81. The molecule has 0 aliphatic carbocycles. The molecule has 3 rings (SSSR count). The van der Waals surface area contributed by atoms with Gasteiger partial charge in [0.25, 0.3) is 5.91 Å². The van der Waals surface area contributed by atoms with E-state index in [0.29, 0.717) is 12.3 Å². The van der Waals surface area contributed by atoms with Crippen molar-refractivity contribution < 1.29 is 14.3 Å². The average Bonchev–Trinajstić information content (AvgIpc) is 2.82. The summed E-state index contributed by atoms with van der Waals surface area (Å²) in [5.41, 5.74) is 11.7. The van der Waals surface area contributed by atoms with Crippen molar-refractivity contribution in [2.45, 2.75) is 59.6 Å². The van der Waals surface area contributed by atoms with Crippen molar-refractivity contribution in [2.75, 3.05) is 37.7 Å². The van der Waals surface area contributed by atoms with Crippen molar-refractivity contribution in [2.24, 2.45) is 0 Å². The molecule has 1 fully saturated rings. The third-order valence-corrected chi connectivity index (χ3v) is 7.00. The van der Waals surface area contributed by atoms with Crippen molar-refractivity contribution in [1.82, 2.24) is 9.80 Å². The van der Waals surface area contributed by atoms with Crippen LogP contribution in [0.4, 0.5) is 11.4 Å². The topological polar surface area (TPSA) is 87.9 Å². The summed E-state index contributed by atoms with van der Waals surface area (Å²) >= 11 is 0. The van der Waals surface area contributed by atoms with Crippen LogP contribution >= 0.6 is 0 Å². The van der Waals surface area contributed by atoms with Crippen molar-refractivity contribution in [3.63, 3.8) is 0 Å². The van der Waals surface area contributed by atoms with Crippen molar-refractivity contribution in [3.8, 4) is 5.75 Å². The Morgan fingerprint density at radius 3 is 2.41 bits per heavy atom. The number of hydrogen-bond acceptors (Lipinski definition) is 5. The molecule has 7 nitrogen and oxygen atoms in total. The number of nitrogens with one attached hydrogen (secondary N) is 1. The lowest BCUT2D eigenvalue weighted by Crippen LogP contribution is -2.50. The highest BCUT2D eigenvalue weighted by Gasteiger charge is 2.29. The van der Waals surface area contributed by atoms with Gasteiger partial charge in [-0.15, -0.1) is 0 Å². The van der Waals surface area contributed by atoms with Crippen LogP contribution in [0.5, 0.6) is 5.75 Å². The molecule has 1 aliphatic heterocycles. The van der Waals surface area contributed by atoms with Gasteiger partial charge in [0.1, 0.15) is 5.75 Å². The Morgan fingerprint density at radius 2 is 1.76 bits per heavy atom. The summed E-state index contributed by atoms with van der Waals surface area (Å²) in [6.07, 6.45) is 1.06. The van der Waals surface area contributed by atoms with Crippen LogP contribution in [-0.2, 0) is 9.59 Å². The Kier molecular flexibility index (Phi) is 8.20. The van der Waals surface area contributed by atoms with E-state index in [1.807, 2.05) is 70.0 Å². The van der Waals surface area contributed by atoms with E-state index in [0.717, 1.165) is 59.6 Å². The molecule has 34 heavy (non-hydrogen) atoms. The Morgan fingerprint density at radius 1 is 1.12 bits per heavy atom. The molecule has 7 heteroatoms. The molecule has 184 valence electrons. The molecule has 1 heterocycles. The Balaban J connectivity index is 1.51. The second-order valence-electron chi connectivity index (χ2n) is 9.43. The highest BCUT2D eigenvalue weighted by Crippen LogP contribution is 2.30. The van der Waals surface area contributed by atoms with Crippen molar-refractivity contribution in [3.05, 3.63) is 52.6 Å². The van der Waals surface area contributed by atoms with Gasteiger partial charge in [0.05, 0.1) is 6.54 Å². The van der Waals surface area contributed by atoms with E-state index in [9.17, 15) is 9.59 Å². The summed E-state index contributed by atoms with van der Waals surface area (Å²) in [4.78, 5) is 29.5. The number of nitrogens with two attached hydrogens (primary N) is 1. The first-order valence-electron chi connectivity index (χ1n) is 12.0. The highest BCUT2D eigenvalue weighted by molar-refractivity contribution is 5.93. The average molecular weight is 467 g/mol. The molecule has 0 spiro atoms. The molecule has 1 unspecified atom stereocenters. The zero-order valence-electron chi connectivity index (χ0n) is 21.3. The minimum atomic E-state index is -0.593. The highest BCUT2D eigenvalue weighted by atomic mass is 16.5. The predicted molar refractivity (Wildman–Crippen MR) is 137 cm³/mol.